The zero-order valence-corrected chi connectivity index (χ0v) is 7.02. The quantitative estimate of drug-likeness (QED) is 0.492. The SMILES string of the molecule is CC(=O)c1ccccc1C=S. The summed E-state index contributed by atoms with van der Waals surface area (Å²) in [5.74, 6) is 0.0571. The highest BCUT2D eigenvalue weighted by Gasteiger charge is 2.01. The summed E-state index contributed by atoms with van der Waals surface area (Å²) < 4.78 is 0. The number of Topliss-reactive ketones (excluding diaryl/α,β-unsaturated/α-hetero) is 1. The molecule has 0 saturated heterocycles. The Bertz CT molecular complexity index is 291. The van der Waals surface area contributed by atoms with Gasteiger partial charge in [-0.2, -0.15) is 0 Å². The molecule has 0 radical (unpaired) electrons. The van der Waals surface area contributed by atoms with E-state index in [2.05, 4.69) is 0 Å². The Balaban J connectivity index is 3.22. The number of rotatable bonds is 2. The fraction of sp³-hybridized carbons (Fsp3) is 0.111. The minimum absolute atomic E-state index is 0.0571. The highest BCUT2D eigenvalue weighted by molar-refractivity contribution is 7.79. The van der Waals surface area contributed by atoms with Crippen molar-refractivity contribution in [3.8, 4) is 0 Å². The van der Waals surface area contributed by atoms with Crippen molar-refractivity contribution in [3.05, 3.63) is 35.4 Å². The molecule has 0 saturated carbocycles. The molecule has 0 amide bonds. The van der Waals surface area contributed by atoms with Gasteiger partial charge in [0, 0.05) is 10.9 Å². The molecular formula is C9H8OS. The zero-order valence-electron chi connectivity index (χ0n) is 6.20. The molecular weight excluding hydrogens is 156 g/mol. The molecule has 0 fully saturated rings. The van der Waals surface area contributed by atoms with E-state index in [4.69, 9.17) is 12.2 Å². The van der Waals surface area contributed by atoms with Crippen LogP contribution < -0.4 is 0 Å². The minimum atomic E-state index is 0.0571. The number of hydrogen-bond donors (Lipinski definition) is 0. The molecule has 0 unspecified atom stereocenters. The fourth-order valence-electron chi connectivity index (χ4n) is 0.920. The van der Waals surface area contributed by atoms with Gasteiger partial charge in [0.1, 0.15) is 0 Å². The lowest BCUT2D eigenvalue weighted by Crippen LogP contribution is -1.96. The van der Waals surface area contributed by atoms with E-state index in [1.165, 1.54) is 12.3 Å². The van der Waals surface area contributed by atoms with Crippen molar-refractivity contribution in [2.75, 3.05) is 0 Å². The third-order valence-electron chi connectivity index (χ3n) is 1.47. The van der Waals surface area contributed by atoms with Gasteiger partial charge in [-0.1, -0.05) is 36.5 Å². The lowest BCUT2D eigenvalue weighted by Gasteiger charge is -1.98. The van der Waals surface area contributed by atoms with E-state index in [1.807, 2.05) is 18.2 Å². The fourth-order valence-corrected chi connectivity index (χ4v) is 1.13. The second-order valence-electron chi connectivity index (χ2n) is 2.26. The largest absolute Gasteiger partial charge is 0.294 e. The molecule has 0 aliphatic heterocycles. The monoisotopic (exact) mass is 164 g/mol. The average molecular weight is 164 g/mol. The summed E-state index contributed by atoms with van der Waals surface area (Å²) in [6.07, 6.45) is 0. The smallest absolute Gasteiger partial charge is 0.160 e. The molecule has 0 aliphatic rings. The summed E-state index contributed by atoms with van der Waals surface area (Å²) in [5.41, 5.74) is 1.53. The molecule has 2 heteroatoms. The van der Waals surface area contributed by atoms with Crippen LogP contribution in [-0.2, 0) is 0 Å². The molecule has 1 nitrogen and oxygen atoms in total. The van der Waals surface area contributed by atoms with Gasteiger partial charge in [-0.3, -0.25) is 4.79 Å². The van der Waals surface area contributed by atoms with Crippen LogP contribution in [0.1, 0.15) is 22.8 Å². The summed E-state index contributed by atoms with van der Waals surface area (Å²) in [4.78, 5) is 11.0. The molecule has 0 aromatic heterocycles. The molecule has 0 heterocycles. The van der Waals surface area contributed by atoms with Crippen LogP contribution in [-0.4, -0.2) is 11.2 Å². The molecule has 0 N–H and O–H groups in total. The number of carbonyl (C=O) groups excluding carboxylic acids is 1. The molecule has 0 aliphatic carbocycles. The van der Waals surface area contributed by atoms with Crippen LogP contribution >= 0.6 is 12.2 Å². The maximum absolute atomic E-state index is 11.0. The summed E-state index contributed by atoms with van der Waals surface area (Å²) in [6, 6.07) is 7.31. The first kappa shape index (κ1) is 8.08. The Morgan fingerprint density at radius 1 is 1.45 bits per heavy atom. The van der Waals surface area contributed by atoms with Crippen molar-refractivity contribution < 1.29 is 4.79 Å². The van der Waals surface area contributed by atoms with Crippen LogP contribution in [0.5, 0.6) is 0 Å². The maximum atomic E-state index is 11.0. The van der Waals surface area contributed by atoms with E-state index >= 15 is 0 Å². The van der Waals surface area contributed by atoms with Crippen molar-refractivity contribution in [3.63, 3.8) is 0 Å². The zero-order chi connectivity index (χ0) is 8.27. The van der Waals surface area contributed by atoms with Crippen molar-refractivity contribution in [1.82, 2.24) is 0 Å². The third-order valence-corrected chi connectivity index (χ3v) is 1.72. The van der Waals surface area contributed by atoms with Crippen LogP contribution in [0.3, 0.4) is 0 Å². The van der Waals surface area contributed by atoms with Gasteiger partial charge in [-0.15, -0.1) is 0 Å². The van der Waals surface area contributed by atoms with Gasteiger partial charge in [0.05, 0.1) is 0 Å². The van der Waals surface area contributed by atoms with Crippen LogP contribution in [0.2, 0.25) is 0 Å². The van der Waals surface area contributed by atoms with Gasteiger partial charge in [-0.25, -0.2) is 0 Å². The van der Waals surface area contributed by atoms with Crippen molar-refractivity contribution in [1.29, 1.82) is 0 Å². The lowest BCUT2D eigenvalue weighted by atomic mass is 10.1. The topological polar surface area (TPSA) is 17.1 Å². The summed E-state index contributed by atoms with van der Waals surface area (Å²) >= 11 is 4.75. The van der Waals surface area contributed by atoms with E-state index in [0.29, 0.717) is 5.56 Å². The van der Waals surface area contributed by atoms with E-state index < -0.39 is 0 Å². The number of thiocarbonyl (C=S) groups is 1. The molecule has 11 heavy (non-hydrogen) atoms. The van der Waals surface area contributed by atoms with E-state index in [1.54, 1.807) is 6.07 Å². The van der Waals surface area contributed by atoms with Gasteiger partial charge in [0.25, 0.3) is 0 Å². The Morgan fingerprint density at radius 2 is 2.09 bits per heavy atom. The molecule has 0 bridgehead atoms. The first-order valence-corrected chi connectivity index (χ1v) is 3.78. The number of carbonyl (C=O) groups is 1. The van der Waals surface area contributed by atoms with E-state index in [0.717, 1.165) is 5.56 Å². The van der Waals surface area contributed by atoms with Gasteiger partial charge in [0.2, 0.25) is 0 Å². The number of hydrogen-bond acceptors (Lipinski definition) is 2. The predicted molar refractivity (Wildman–Crippen MR) is 49.2 cm³/mol. The third kappa shape index (κ3) is 1.71. The highest BCUT2D eigenvalue weighted by Crippen LogP contribution is 2.06. The average Bonchev–Trinajstić information content (AvgIpc) is 2.04. The molecule has 0 atom stereocenters. The van der Waals surface area contributed by atoms with Crippen LogP contribution in [0, 0.1) is 0 Å². The van der Waals surface area contributed by atoms with Crippen LogP contribution in [0.15, 0.2) is 24.3 Å². The summed E-state index contributed by atoms with van der Waals surface area (Å²) in [7, 11) is 0. The summed E-state index contributed by atoms with van der Waals surface area (Å²) in [5, 5.41) is 1.52. The highest BCUT2D eigenvalue weighted by atomic mass is 32.1. The van der Waals surface area contributed by atoms with Crippen molar-refractivity contribution in [2.24, 2.45) is 0 Å². The van der Waals surface area contributed by atoms with Gasteiger partial charge in [0.15, 0.2) is 5.78 Å². The maximum Gasteiger partial charge on any atom is 0.160 e. The first-order valence-electron chi connectivity index (χ1n) is 3.31. The normalized spacial score (nSPS) is 9.18. The lowest BCUT2D eigenvalue weighted by molar-refractivity contribution is 0.101. The predicted octanol–water partition coefficient (Wildman–Crippen LogP) is 2.24. The Labute approximate surface area is 71.0 Å². The Hall–Kier alpha value is -1.02. The van der Waals surface area contributed by atoms with Crippen LogP contribution in [0.25, 0.3) is 0 Å². The van der Waals surface area contributed by atoms with Gasteiger partial charge in [-0.05, 0) is 12.5 Å². The molecule has 1 rings (SSSR count). The van der Waals surface area contributed by atoms with Crippen molar-refractivity contribution in [2.45, 2.75) is 6.92 Å². The van der Waals surface area contributed by atoms with Crippen molar-refractivity contribution >= 4 is 23.4 Å². The Morgan fingerprint density at radius 3 is 2.55 bits per heavy atom. The first-order chi connectivity index (χ1) is 5.25. The second kappa shape index (κ2) is 3.39. The van der Waals surface area contributed by atoms with E-state index in [-0.39, 0.29) is 5.78 Å². The number of benzene rings is 1. The molecule has 1 aromatic rings. The number of ketones is 1. The second-order valence-corrected chi connectivity index (χ2v) is 2.50. The minimum Gasteiger partial charge on any atom is -0.294 e. The summed E-state index contributed by atoms with van der Waals surface area (Å²) in [6.45, 7) is 1.54. The molecule has 1 aromatic carbocycles. The standard InChI is InChI=1S/C9H8OS/c1-7(10)9-5-3-2-4-8(9)6-11/h2-6H,1H3. The van der Waals surface area contributed by atoms with E-state index in [9.17, 15) is 4.79 Å². The van der Waals surface area contributed by atoms with Gasteiger partial charge < -0.3 is 0 Å². The van der Waals surface area contributed by atoms with Gasteiger partial charge >= 0.3 is 0 Å². The molecule has 56 valence electrons. The Kier molecular flexibility index (Phi) is 2.49. The van der Waals surface area contributed by atoms with Crippen LogP contribution in [0.4, 0.5) is 0 Å². The molecule has 0 spiro atoms.